The normalized spacial score (nSPS) is 15.8. The van der Waals surface area contributed by atoms with Gasteiger partial charge in [0, 0.05) is 82.4 Å². The van der Waals surface area contributed by atoms with Crippen LogP contribution in [0.3, 0.4) is 0 Å². The number of halogens is 2. The number of piperazine rings is 1. The standard InChI is InChI=1S/C30H30F2N6O3.C23H28N8O4/c1-6-23(40)36-12-13-37(18(5)15-36)28-19-14-21(32)26(24-20(31)8-7-9-22(24)39)34-29(19)38(30(41)35-28)27-17(4)10-11-33-25(27)16(2)3;1-33-19-17(35-10-2-6-30-8-11-34-12-9-30)4-3-16-18(19)28-23(31-7-5-25-20(16)31)29-21(32)15-13-26-22(24)27-14-15/h6-11,14,16,18,39H,1,12-13,15H2,2-5H3;3-4,13-14,25H,2,5-12H2,1H3,(H2,24,26,27). The van der Waals surface area contributed by atoms with Gasteiger partial charge in [-0.3, -0.25) is 24.0 Å². The molecule has 0 spiro atoms. The molecule has 0 bridgehead atoms. The molecule has 5 aromatic heterocycles. The molecule has 1 atom stereocenters. The molecule has 10 rings (SSSR count). The highest BCUT2D eigenvalue weighted by Crippen LogP contribution is 2.39. The monoisotopic (exact) mass is 1040 g/mol. The second kappa shape index (κ2) is 22.6. The van der Waals surface area contributed by atoms with Gasteiger partial charge in [-0.1, -0.05) is 26.5 Å². The van der Waals surface area contributed by atoms with Crippen LogP contribution in [-0.2, 0) is 16.1 Å². The second-order valence-electron chi connectivity index (χ2n) is 18.7. The average Bonchev–Trinajstić information content (AvgIpc) is 3.99. The first-order valence-electron chi connectivity index (χ1n) is 24.9. The van der Waals surface area contributed by atoms with Gasteiger partial charge in [0.25, 0.3) is 5.91 Å². The Hall–Kier alpha value is -8.44. The summed E-state index contributed by atoms with van der Waals surface area (Å²) in [6, 6.07) is 10.1. The number of methoxy groups -OCH3 is 1. The van der Waals surface area contributed by atoms with Crippen molar-refractivity contribution in [2.24, 2.45) is 4.99 Å². The van der Waals surface area contributed by atoms with Crippen molar-refractivity contribution in [3.8, 4) is 34.2 Å². The van der Waals surface area contributed by atoms with Crippen molar-refractivity contribution >= 4 is 51.3 Å². The van der Waals surface area contributed by atoms with E-state index in [0.29, 0.717) is 73.3 Å². The summed E-state index contributed by atoms with van der Waals surface area (Å²) >= 11 is 0. The highest BCUT2D eigenvalue weighted by molar-refractivity contribution is 5.97. The number of aryl methyl sites for hydroxylation is 1. The van der Waals surface area contributed by atoms with E-state index < -0.39 is 40.2 Å². The number of phenols is 1. The summed E-state index contributed by atoms with van der Waals surface area (Å²) in [7, 11) is 1.58. The molecule has 3 aliphatic rings. The first-order valence-corrected chi connectivity index (χ1v) is 24.9. The Morgan fingerprint density at radius 2 is 1.79 bits per heavy atom. The lowest BCUT2D eigenvalue weighted by molar-refractivity contribution is -0.126. The van der Waals surface area contributed by atoms with Gasteiger partial charge in [0.05, 0.1) is 54.8 Å². The zero-order chi connectivity index (χ0) is 53.8. The number of anilines is 3. The van der Waals surface area contributed by atoms with Gasteiger partial charge in [-0.15, -0.1) is 0 Å². The Morgan fingerprint density at radius 3 is 2.50 bits per heavy atom. The summed E-state index contributed by atoms with van der Waals surface area (Å²) in [5, 5.41) is 14.9. The zero-order valence-electron chi connectivity index (χ0n) is 42.8. The van der Waals surface area contributed by atoms with Crippen LogP contribution < -0.4 is 36.7 Å². The molecule has 0 radical (unpaired) electrons. The summed E-state index contributed by atoms with van der Waals surface area (Å²) in [5.74, 6) is -0.835. The number of aromatic nitrogens is 8. The minimum Gasteiger partial charge on any atom is -0.507 e. The number of carbonyl (C=O) groups is 2. The van der Waals surface area contributed by atoms with Crippen LogP contribution in [0.2, 0.25) is 0 Å². The number of nitrogens with zero attached hydrogens (tertiary/aromatic N) is 12. The topological polar surface area (TPSA) is 246 Å². The van der Waals surface area contributed by atoms with E-state index in [0.717, 1.165) is 62.6 Å². The number of benzene rings is 2. The lowest BCUT2D eigenvalue weighted by atomic mass is 10.0. The molecule has 396 valence electrons. The van der Waals surface area contributed by atoms with Crippen molar-refractivity contribution in [1.29, 1.82) is 0 Å². The van der Waals surface area contributed by atoms with Crippen molar-refractivity contribution in [2.75, 3.05) is 88.7 Å². The number of nitrogens with two attached hydrogens (primary N) is 1. The summed E-state index contributed by atoms with van der Waals surface area (Å²) in [6.07, 6.45) is 6.47. The molecular formula is C53H58F2N14O7. The minimum atomic E-state index is -0.897. The SMILES string of the molecule is C=CC(=O)N1CCN(c2nc(=O)n(-c3c(C)ccnc3C(C)C)c3nc(-c4c(O)cccc4F)c(F)cc23)C(C)C1.COc1c(OCCCN2CCOCC2)ccc2c3n(c(=NC(=O)c4cnc(N)nc4)nc12)CCN3. The lowest BCUT2D eigenvalue weighted by Crippen LogP contribution is -2.54. The maximum atomic E-state index is 15.8. The molecular weight excluding hydrogens is 983 g/mol. The van der Waals surface area contributed by atoms with E-state index >= 15 is 4.39 Å². The number of nitrogen functional groups attached to an aromatic ring is 1. The van der Waals surface area contributed by atoms with Crippen molar-refractivity contribution in [1.82, 2.24) is 48.8 Å². The van der Waals surface area contributed by atoms with Crippen LogP contribution in [0.5, 0.6) is 17.2 Å². The van der Waals surface area contributed by atoms with Gasteiger partial charge < -0.3 is 40.2 Å². The molecule has 7 aromatic rings. The van der Waals surface area contributed by atoms with Crippen LogP contribution in [0.4, 0.5) is 26.4 Å². The van der Waals surface area contributed by atoms with Gasteiger partial charge in [-0.05, 0) is 74.2 Å². The van der Waals surface area contributed by atoms with Crippen molar-refractivity contribution in [3.05, 3.63) is 118 Å². The number of aromatic hydroxyl groups is 1. The quantitative estimate of drug-likeness (QED) is 0.106. The number of carbonyl (C=O) groups excluding carboxylic acids is 2. The second-order valence-corrected chi connectivity index (χ2v) is 18.7. The highest BCUT2D eigenvalue weighted by atomic mass is 19.1. The van der Waals surface area contributed by atoms with Crippen LogP contribution >= 0.6 is 0 Å². The van der Waals surface area contributed by atoms with E-state index in [1.54, 1.807) is 24.3 Å². The Morgan fingerprint density at radius 1 is 1.01 bits per heavy atom. The molecule has 23 heteroatoms. The van der Waals surface area contributed by atoms with Gasteiger partial charge in [0.2, 0.25) is 17.5 Å². The Bertz CT molecular complexity index is 3470. The van der Waals surface area contributed by atoms with Crippen LogP contribution in [-0.4, -0.2) is 145 Å². The van der Waals surface area contributed by atoms with Gasteiger partial charge in [0.15, 0.2) is 23.0 Å². The lowest BCUT2D eigenvalue weighted by Gasteiger charge is -2.40. The van der Waals surface area contributed by atoms with Crippen molar-refractivity contribution in [2.45, 2.75) is 52.6 Å². The molecule has 3 aliphatic heterocycles. The number of ether oxygens (including phenoxy) is 3. The van der Waals surface area contributed by atoms with Crippen LogP contribution in [0.25, 0.3) is 38.9 Å². The zero-order valence-corrected chi connectivity index (χ0v) is 42.8. The molecule has 21 nitrogen and oxygen atoms in total. The van der Waals surface area contributed by atoms with Crippen LogP contribution in [0, 0.1) is 18.6 Å². The molecule has 8 heterocycles. The van der Waals surface area contributed by atoms with Crippen molar-refractivity contribution in [3.63, 3.8) is 0 Å². The number of hydrogen-bond acceptors (Lipinski definition) is 17. The molecule has 76 heavy (non-hydrogen) atoms. The minimum absolute atomic E-state index is 0.0360. The highest BCUT2D eigenvalue weighted by Gasteiger charge is 2.31. The van der Waals surface area contributed by atoms with Crippen molar-refractivity contribution < 1.29 is 37.7 Å². The van der Waals surface area contributed by atoms with E-state index in [1.165, 1.54) is 35.2 Å². The number of hydrogen-bond donors (Lipinski definition) is 3. The van der Waals surface area contributed by atoms with E-state index in [2.05, 4.69) is 46.7 Å². The smallest absolute Gasteiger partial charge is 0.355 e. The predicted octanol–water partition coefficient (Wildman–Crippen LogP) is 5.17. The fraction of sp³-hybridized carbons (Fsp3) is 0.358. The van der Waals surface area contributed by atoms with Gasteiger partial charge >= 0.3 is 5.69 Å². The average molecular weight is 1040 g/mol. The maximum absolute atomic E-state index is 15.8. The third kappa shape index (κ3) is 10.6. The van der Waals surface area contributed by atoms with Crippen LogP contribution in [0.15, 0.2) is 83.5 Å². The number of phenolic OH excluding ortho intramolecular Hbond substituents is 1. The van der Waals surface area contributed by atoms with Gasteiger partial charge in [0.1, 0.15) is 34.4 Å². The molecule has 2 saturated heterocycles. The Balaban J connectivity index is 0.000000188. The fourth-order valence-corrected chi connectivity index (χ4v) is 9.58. The first-order chi connectivity index (χ1) is 36.7. The molecule has 1 unspecified atom stereocenters. The number of morpholine rings is 1. The third-order valence-corrected chi connectivity index (χ3v) is 13.3. The molecule has 2 fully saturated rings. The largest absolute Gasteiger partial charge is 0.507 e. The fourth-order valence-electron chi connectivity index (χ4n) is 9.58. The van der Waals surface area contributed by atoms with E-state index in [9.17, 15) is 23.9 Å². The molecule has 0 saturated carbocycles. The molecule has 2 aromatic carbocycles. The number of amides is 2. The van der Waals surface area contributed by atoms with Crippen LogP contribution in [0.1, 0.15) is 54.7 Å². The molecule has 4 N–H and O–H groups in total. The van der Waals surface area contributed by atoms with Gasteiger partial charge in [-0.25, -0.2) is 38.1 Å². The summed E-state index contributed by atoms with van der Waals surface area (Å²) in [4.78, 5) is 74.8. The summed E-state index contributed by atoms with van der Waals surface area (Å²) in [5.41, 5.74) is 6.86. The van der Waals surface area contributed by atoms with Gasteiger partial charge in [-0.2, -0.15) is 9.98 Å². The Labute approximate surface area is 435 Å². The molecule has 0 aliphatic carbocycles. The first kappa shape index (κ1) is 52.4. The number of nitrogens with one attached hydrogen (secondary N) is 1. The third-order valence-electron chi connectivity index (χ3n) is 13.3. The number of pyridine rings is 2. The van der Waals surface area contributed by atoms with E-state index in [1.807, 2.05) is 49.3 Å². The maximum Gasteiger partial charge on any atom is 0.355 e. The Kier molecular flexibility index (Phi) is 15.6. The van der Waals surface area contributed by atoms with E-state index in [-0.39, 0.29) is 51.8 Å². The number of fused-ring (bicyclic) bond motifs is 4. The predicted molar refractivity (Wildman–Crippen MR) is 281 cm³/mol. The number of rotatable bonds is 12. The summed E-state index contributed by atoms with van der Waals surface area (Å²) < 4.78 is 51.0. The molecule has 2 amide bonds. The van der Waals surface area contributed by atoms with E-state index in [4.69, 9.17) is 24.9 Å². The summed E-state index contributed by atoms with van der Waals surface area (Å²) in [6.45, 7) is 18.4.